The number of fused-ring (bicyclic) bond motifs is 1. The maximum absolute atomic E-state index is 12.3. The van der Waals surface area contributed by atoms with Gasteiger partial charge in [-0.2, -0.15) is 0 Å². The van der Waals surface area contributed by atoms with Gasteiger partial charge in [-0.15, -0.1) is 0 Å². The number of rotatable bonds is 4. The lowest BCUT2D eigenvalue weighted by atomic mass is 10.0. The molecule has 1 N–H and O–H groups in total. The molecular weight excluding hydrogens is 246 g/mol. The van der Waals surface area contributed by atoms with Crippen LogP contribution in [-0.2, 0) is 22.9 Å². The summed E-state index contributed by atoms with van der Waals surface area (Å²) in [5, 5.41) is 0. The van der Waals surface area contributed by atoms with Gasteiger partial charge < -0.3 is 0 Å². The Hall–Kier alpha value is -0.870. The second kappa shape index (κ2) is 4.67. The van der Waals surface area contributed by atoms with Crippen molar-refractivity contribution in [1.29, 1.82) is 0 Å². The zero-order valence-electron chi connectivity index (χ0n) is 11.3. The van der Waals surface area contributed by atoms with Crippen LogP contribution in [0.4, 0.5) is 0 Å². The normalized spacial score (nSPS) is 15.7. The highest BCUT2D eigenvalue weighted by Crippen LogP contribution is 2.25. The molecule has 1 aliphatic rings. The van der Waals surface area contributed by atoms with Crippen LogP contribution in [0.3, 0.4) is 0 Å². The van der Waals surface area contributed by atoms with Crippen LogP contribution in [0.15, 0.2) is 23.1 Å². The van der Waals surface area contributed by atoms with Gasteiger partial charge in [0, 0.05) is 5.54 Å². The van der Waals surface area contributed by atoms with Crippen molar-refractivity contribution < 1.29 is 8.42 Å². The predicted octanol–water partition coefficient (Wildman–Crippen LogP) is 2.64. The first-order valence-electron chi connectivity index (χ1n) is 6.50. The largest absolute Gasteiger partial charge is 0.241 e. The zero-order valence-corrected chi connectivity index (χ0v) is 12.1. The molecule has 2 rings (SSSR count). The van der Waals surface area contributed by atoms with Crippen molar-refractivity contribution in [2.24, 2.45) is 0 Å². The van der Waals surface area contributed by atoms with E-state index >= 15 is 0 Å². The molecule has 0 bridgehead atoms. The summed E-state index contributed by atoms with van der Waals surface area (Å²) in [7, 11) is -3.40. The topological polar surface area (TPSA) is 46.2 Å². The fourth-order valence-corrected chi connectivity index (χ4v) is 3.74. The molecule has 18 heavy (non-hydrogen) atoms. The molecule has 3 nitrogen and oxygen atoms in total. The number of benzene rings is 1. The zero-order chi connectivity index (χ0) is 13.4. The van der Waals surface area contributed by atoms with Gasteiger partial charge >= 0.3 is 0 Å². The van der Waals surface area contributed by atoms with Gasteiger partial charge in [0.2, 0.25) is 10.0 Å². The summed E-state index contributed by atoms with van der Waals surface area (Å²) in [6, 6.07) is 5.50. The predicted molar refractivity (Wildman–Crippen MR) is 73.2 cm³/mol. The van der Waals surface area contributed by atoms with E-state index in [-0.39, 0.29) is 0 Å². The molecule has 0 fully saturated rings. The van der Waals surface area contributed by atoms with Gasteiger partial charge in [0.25, 0.3) is 0 Å². The molecule has 1 aromatic rings. The second-order valence-electron chi connectivity index (χ2n) is 5.63. The number of hydrogen-bond acceptors (Lipinski definition) is 2. The van der Waals surface area contributed by atoms with E-state index in [0.717, 1.165) is 25.7 Å². The van der Waals surface area contributed by atoms with Crippen molar-refractivity contribution in [3.63, 3.8) is 0 Å². The quantitative estimate of drug-likeness (QED) is 0.911. The Morgan fingerprint density at radius 1 is 1.22 bits per heavy atom. The van der Waals surface area contributed by atoms with Crippen LogP contribution in [0.5, 0.6) is 0 Å². The Kier molecular flexibility index (Phi) is 3.52. The first-order chi connectivity index (χ1) is 8.34. The first kappa shape index (κ1) is 13.6. The average molecular weight is 267 g/mol. The maximum atomic E-state index is 12.3. The molecule has 0 unspecified atom stereocenters. The van der Waals surface area contributed by atoms with Gasteiger partial charge in [0.15, 0.2) is 0 Å². The molecule has 0 heterocycles. The number of hydrogen-bond donors (Lipinski definition) is 1. The molecule has 4 heteroatoms. The molecule has 0 radical (unpaired) electrons. The van der Waals surface area contributed by atoms with E-state index in [0.29, 0.717) is 4.90 Å². The van der Waals surface area contributed by atoms with E-state index in [1.165, 1.54) is 11.1 Å². The summed E-state index contributed by atoms with van der Waals surface area (Å²) in [4.78, 5) is 0.393. The van der Waals surface area contributed by atoms with E-state index in [9.17, 15) is 8.42 Å². The molecule has 0 saturated carbocycles. The van der Waals surface area contributed by atoms with Crippen LogP contribution in [0.2, 0.25) is 0 Å². The summed E-state index contributed by atoms with van der Waals surface area (Å²) in [5.74, 6) is 0. The van der Waals surface area contributed by atoms with Gasteiger partial charge in [0.05, 0.1) is 4.90 Å². The van der Waals surface area contributed by atoms with Crippen molar-refractivity contribution in [3.8, 4) is 0 Å². The average Bonchev–Trinajstić information content (AvgIpc) is 2.74. The molecule has 0 spiro atoms. The maximum Gasteiger partial charge on any atom is 0.241 e. The van der Waals surface area contributed by atoms with E-state index in [1.807, 2.05) is 32.9 Å². The van der Waals surface area contributed by atoms with Crippen LogP contribution in [0, 0.1) is 0 Å². The van der Waals surface area contributed by atoms with E-state index in [1.54, 1.807) is 6.07 Å². The van der Waals surface area contributed by atoms with Crippen LogP contribution in [-0.4, -0.2) is 14.0 Å². The van der Waals surface area contributed by atoms with Crippen molar-refractivity contribution in [3.05, 3.63) is 29.3 Å². The lowest BCUT2D eigenvalue weighted by Gasteiger charge is -2.24. The van der Waals surface area contributed by atoms with E-state index in [4.69, 9.17) is 0 Å². The number of nitrogens with one attached hydrogen (secondary N) is 1. The van der Waals surface area contributed by atoms with Crippen LogP contribution in [0.25, 0.3) is 0 Å². The second-order valence-corrected chi connectivity index (χ2v) is 7.31. The van der Waals surface area contributed by atoms with E-state index in [2.05, 4.69) is 4.72 Å². The lowest BCUT2D eigenvalue weighted by molar-refractivity contribution is 0.439. The molecular formula is C14H21NO2S. The molecule has 1 aromatic carbocycles. The highest BCUT2D eigenvalue weighted by Gasteiger charge is 2.25. The molecule has 0 aromatic heterocycles. The monoisotopic (exact) mass is 267 g/mol. The van der Waals surface area contributed by atoms with Crippen molar-refractivity contribution in [2.75, 3.05) is 0 Å². The molecule has 0 aliphatic heterocycles. The van der Waals surface area contributed by atoms with Gasteiger partial charge in [-0.05, 0) is 62.8 Å². The third-order valence-electron chi connectivity index (χ3n) is 3.67. The molecule has 0 atom stereocenters. The Labute approximate surface area is 110 Å². The fraction of sp³-hybridized carbons (Fsp3) is 0.571. The smallest absolute Gasteiger partial charge is 0.207 e. The van der Waals surface area contributed by atoms with Crippen molar-refractivity contribution in [1.82, 2.24) is 4.72 Å². The van der Waals surface area contributed by atoms with Crippen molar-refractivity contribution >= 4 is 10.0 Å². The fourth-order valence-electron chi connectivity index (χ4n) is 2.21. The van der Waals surface area contributed by atoms with Crippen molar-refractivity contribution in [2.45, 2.75) is 56.9 Å². The Balaban J connectivity index is 2.31. The minimum atomic E-state index is -3.40. The summed E-state index contributed by atoms with van der Waals surface area (Å²) >= 11 is 0. The number of aryl methyl sites for hydroxylation is 2. The Bertz CT molecular complexity index is 547. The summed E-state index contributed by atoms with van der Waals surface area (Å²) in [6.07, 6.45) is 3.96. The van der Waals surface area contributed by atoms with Gasteiger partial charge in [-0.3, -0.25) is 0 Å². The molecule has 100 valence electrons. The van der Waals surface area contributed by atoms with Crippen LogP contribution >= 0.6 is 0 Å². The molecule has 0 amide bonds. The minimum absolute atomic E-state index is 0.393. The first-order valence-corrected chi connectivity index (χ1v) is 7.98. The highest BCUT2D eigenvalue weighted by atomic mass is 32.2. The third kappa shape index (κ3) is 2.75. The minimum Gasteiger partial charge on any atom is -0.207 e. The summed E-state index contributed by atoms with van der Waals surface area (Å²) < 4.78 is 27.4. The van der Waals surface area contributed by atoms with Crippen LogP contribution in [0.1, 0.15) is 44.7 Å². The standard InChI is InChI=1S/C14H21NO2S/c1-4-14(2,3)15-18(16,17)13-9-8-11-6-5-7-12(11)10-13/h8-10,15H,4-7H2,1-3H3. The van der Waals surface area contributed by atoms with E-state index < -0.39 is 15.6 Å². The number of sulfonamides is 1. The molecule has 0 saturated heterocycles. The molecule has 1 aliphatic carbocycles. The Morgan fingerprint density at radius 3 is 2.56 bits per heavy atom. The van der Waals surface area contributed by atoms with Crippen LogP contribution < -0.4 is 4.72 Å². The van der Waals surface area contributed by atoms with Gasteiger partial charge in [0.1, 0.15) is 0 Å². The SMILES string of the molecule is CCC(C)(C)NS(=O)(=O)c1ccc2c(c1)CCC2. The van der Waals surface area contributed by atoms with Gasteiger partial charge in [-0.1, -0.05) is 13.0 Å². The van der Waals surface area contributed by atoms with Gasteiger partial charge in [-0.25, -0.2) is 13.1 Å². The summed E-state index contributed by atoms with van der Waals surface area (Å²) in [6.45, 7) is 5.78. The Morgan fingerprint density at radius 2 is 1.89 bits per heavy atom. The third-order valence-corrected chi connectivity index (χ3v) is 5.37. The lowest BCUT2D eigenvalue weighted by Crippen LogP contribution is -2.42. The highest BCUT2D eigenvalue weighted by molar-refractivity contribution is 7.89. The summed E-state index contributed by atoms with van der Waals surface area (Å²) in [5.41, 5.74) is 2.08.